The molecule has 6 nitrogen and oxygen atoms in total. The molecule has 4 rings (SSSR count). The van der Waals surface area contributed by atoms with Gasteiger partial charge in [0.1, 0.15) is 5.69 Å². The number of thiophene rings is 1. The van der Waals surface area contributed by atoms with Gasteiger partial charge in [0.2, 0.25) is 0 Å². The molecule has 1 aliphatic carbocycles. The number of hydrogen-bond donors (Lipinski definition) is 1. The number of hydrogen-bond acceptors (Lipinski definition) is 5. The molecule has 25 heavy (non-hydrogen) atoms. The Morgan fingerprint density at radius 3 is 2.68 bits per heavy atom. The summed E-state index contributed by atoms with van der Waals surface area (Å²) in [6.07, 6.45) is 8.55. The molecule has 7 heteroatoms. The summed E-state index contributed by atoms with van der Waals surface area (Å²) in [5, 5.41) is 6.96. The molecule has 3 heterocycles. The summed E-state index contributed by atoms with van der Waals surface area (Å²) < 4.78 is 0. The number of likely N-dealkylation sites (tertiary alicyclic amines) is 1. The van der Waals surface area contributed by atoms with E-state index in [0.717, 1.165) is 44.3 Å². The van der Waals surface area contributed by atoms with Crippen LogP contribution in [0.4, 0.5) is 0 Å². The highest BCUT2D eigenvalue weighted by molar-refractivity contribution is 7.08. The lowest BCUT2D eigenvalue weighted by Crippen LogP contribution is -2.59. The molecular formula is C18H20N4O2S. The van der Waals surface area contributed by atoms with Crippen molar-refractivity contribution in [2.45, 2.75) is 31.7 Å². The Morgan fingerprint density at radius 1 is 1.24 bits per heavy atom. The van der Waals surface area contributed by atoms with Crippen molar-refractivity contribution in [2.24, 2.45) is 5.41 Å². The minimum atomic E-state index is -0.158. The van der Waals surface area contributed by atoms with Crippen molar-refractivity contribution in [2.75, 3.05) is 13.1 Å². The van der Waals surface area contributed by atoms with E-state index < -0.39 is 0 Å². The van der Waals surface area contributed by atoms with Crippen molar-refractivity contribution in [3.05, 3.63) is 46.7 Å². The van der Waals surface area contributed by atoms with E-state index in [1.165, 1.54) is 12.4 Å². The predicted octanol–water partition coefficient (Wildman–Crippen LogP) is 2.35. The zero-order chi connectivity index (χ0) is 17.3. The molecule has 2 aromatic heterocycles. The van der Waals surface area contributed by atoms with Gasteiger partial charge in [0.25, 0.3) is 11.8 Å². The van der Waals surface area contributed by atoms with Gasteiger partial charge in [0, 0.05) is 36.9 Å². The van der Waals surface area contributed by atoms with Gasteiger partial charge in [-0.2, -0.15) is 11.3 Å². The maximum absolute atomic E-state index is 12.5. The van der Waals surface area contributed by atoms with Gasteiger partial charge in [-0.1, -0.05) is 0 Å². The summed E-state index contributed by atoms with van der Waals surface area (Å²) in [6, 6.07) is 2.05. The van der Waals surface area contributed by atoms with Gasteiger partial charge in [-0.25, -0.2) is 4.98 Å². The van der Waals surface area contributed by atoms with Crippen molar-refractivity contribution in [1.29, 1.82) is 0 Å². The summed E-state index contributed by atoms with van der Waals surface area (Å²) in [5.41, 5.74) is 1.26. The van der Waals surface area contributed by atoms with Gasteiger partial charge in [0.15, 0.2) is 0 Å². The van der Waals surface area contributed by atoms with Crippen LogP contribution in [0.3, 0.4) is 0 Å². The number of carbonyl (C=O) groups excluding carboxylic acids is 2. The van der Waals surface area contributed by atoms with Crippen molar-refractivity contribution < 1.29 is 9.59 Å². The third-order valence-electron chi connectivity index (χ3n) is 5.59. The van der Waals surface area contributed by atoms with Crippen molar-refractivity contribution in [3.8, 4) is 0 Å². The minimum Gasteiger partial charge on any atom is -0.347 e. The summed E-state index contributed by atoms with van der Waals surface area (Å²) in [7, 11) is 0. The van der Waals surface area contributed by atoms with E-state index in [0.29, 0.717) is 5.69 Å². The van der Waals surface area contributed by atoms with Crippen molar-refractivity contribution in [3.63, 3.8) is 0 Å². The molecular weight excluding hydrogens is 336 g/mol. The van der Waals surface area contributed by atoms with E-state index in [9.17, 15) is 9.59 Å². The SMILES string of the molecule is O=C(N[C@H]1CCC12CCN(C(=O)c1ccsc1)CC2)c1cnccn1. The highest BCUT2D eigenvalue weighted by Crippen LogP contribution is 2.49. The van der Waals surface area contributed by atoms with Gasteiger partial charge in [0.05, 0.1) is 11.8 Å². The first kappa shape index (κ1) is 16.2. The standard InChI is InChI=1S/C18H20N4O2S/c23-16(14-11-19-6-7-20-14)21-15-1-3-18(15)4-8-22(9-5-18)17(24)13-2-10-25-12-13/h2,6-7,10-12,15H,1,3-5,8-9H2,(H,21,23)/t15-/m0/s1. The van der Waals surface area contributed by atoms with Crippen LogP contribution in [0, 0.1) is 5.41 Å². The van der Waals surface area contributed by atoms with Crippen LogP contribution in [-0.4, -0.2) is 45.8 Å². The van der Waals surface area contributed by atoms with E-state index in [1.807, 2.05) is 21.7 Å². The fourth-order valence-electron chi connectivity index (χ4n) is 3.89. The molecule has 2 fully saturated rings. The van der Waals surface area contributed by atoms with Crippen molar-refractivity contribution in [1.82, 2.24) is 20.2 Å². The average Bonchev–Trinajstić information content (AvgIpc) is 3.20. The Hall–Kier alpha value is -2.28. The van der Waals surface area contributed by atoms with E-state index in [2.05, 4.69) is 15.3 Å². The molecule has 0 aromatic carbocycles. The van der Waals surface area contributed by atoms with Crippen molar-refractivity contribution >= 4 is 23.2 Å². The fourth-order valence-corrected chi connectivity index (χ4v) is 4.52. The van der Waals surface area contributed by atoms with E-state index in [-0.39, 0.29) is 23.3 Å². The second-order valence-electron chi connectivity index (χ2n) is 6.82. The number of carbonyl (C=O) groups is 2. The molecule has 2 aromatic rings. The molecule has 2 aliphatic rings. The zero-order valence-corrected chi connectivity index (χ0v) is 14.7. The fraction of sp³-hybridized carbons (Fsp3) is 0.444. The van der Waals surface area contributed by atoms with Crippen LogP contribution in [0.15, 0.2) is 35.4 Å². The molecule has 0 bridgehead atoms. The quantitative estimate of drug-likeness (QED) is 0.916. The molecule has 1 N–H and O–H groups in total. The number of amides is 2. The second-order valence-corrected chi connectivity index (χ2v) is 7.60. The number of piperidine rings is 1. The van der Waals surface area contributed by atoms with Crippen LogP contribution in [0.5, 0.6) is 0 Å². The smallest absolute Gasteiger partial charge is 0.271 e. The van der Waals surface area contributed by atoms with Crippen LogP contribution in [-0.2, 0) is 0 Å². The Labute approximate surface area is 150 Å². The van der Waals surface area contributed by atoms with Crippen LogP contribution >= 0.6 is 11.3 Å². The summed E-state index contributed by atoms with van der Waals surface area (Å²) in [5.74, 6) is -0.0375. The van der Waals surface area contributed by atoms with Crippen LogP contribution in [0.1, 0.15) is 46.5 Å². The maximum Gasteiger partial charge on any atom is 0.271 e. The molecule has 1 aliphatic heterocycles. The predicted molar refractivity (Wildman–Crippen MR) is 94.4 cm³/mol. The lowest BCUT2D eigenvalue weighted by Gasteiger charge is -2.54. The molecule has 1 saturated heterocycles. The monoisotopic (exact) mass is 356 g/mol. The van der Waals surface area contributed by atoms with E-state index >= 15 is 0 Å². The van der Waals surface area contributed by atoms with Crippen LogP contribution in [0.25, 0.3) is 0 Å². The maximum atomic E-state index is 12.5. The minimum absolute atomic E-state index is 0.121. The highest BCUT2D eigenvalue weighted by Gasteiger charge is 2.49. The van der Waals surface area contributed by atoms with E-state index in [4.69, 9.17) is 0 Å². The lowest BCUT2D eigenvalue weighted by atomic mass is 9.59. The number of nitrogens with zero attached hydrogens (tertiary/aromatic N) is 3. The second kappa shape index (κ2) is 6.55. The van der Waals surface area contributed by atoms with Gasteiger partial charge in [-0.15, -0.1) is 0 Å². The third kappa shape index (κ3) is 3.04. The zero-order valence-electron chi connectivity index (χ0n) is 13.9. The number of rotatable bonds is 3. The summed E-state index contributed by atoms with van der Waals surface area (Å²) >= 11 is 1.55. The lowest BCUT2D eigenvalue weighted by molar-refractivity contribution is -0.00238. The topological polar surface area (TPSA) is 75.2 Å². The molecule has 2 amide bonds. The molecule has 1 spiro atoms. The average molecular weight is 356 g/mol. The Morgan fingerprint density at radius 2 is 2.08 bits per heavy atom. The molecule has 1 saturated carbocycles. The molecule has 0 unspecified atom stereocenters. The largest absolute Gasteiger partial charge is 0.347 e. The van der Waals surface area contributed by atoms with Gasteiger partial charge < -0.3 is 10.2 Å². The van der Waals surface area contributed by atoms with E-state index in [1.54, 1.807) is 17.5 Å². The Kier molecular flexibility index (Phi) is 4.25. The Bertz CT molecular complexity index is 755. The number of aromatic nitrogens is 2. The van der Waals surface area contributed by atoms with Gasteiger partial charge in [-0.3, -0.25) is 14.6 Å². The van der Waals surface area contributed by atoms with Crippen LogP contribution < -0.4 is 5.32 Å². The Balaban J connectivity index is 1.36. The third-order valence-corrected chi connectivity index (χ3v) is 6.27. The van der Waals surface area contributed by atoms with Gasteiger partial charge in [-0.05, 0) is 42.5 Å². The first-order valence-corrected chi connectivity index (χ1v) is 9.51. The first-order valence-electron chi connectivity index (χ1n) is 8.56. The summed E-state index contributed by atoms with van der Waals surface area (Å²) in [6.45, 7) is 1.51. The van der Waals surface area contributed by atoms with Crippen LogP contribution in [0.2, 0.25) is 0 Å². The highest BCUT2D eigenvalue weighted by atomic mass is 32.1. The molecule has 130 valence electrons. The first-order chi connectivity index (χ1) is 12.2. The molecule has 1 atom stereocenters. The normalized spacial score (nSPS) is 21.6. The summed E-state index contributed by atoms with van der Waals surface area (Å²) in [4.78, 5) is 34.7. The van der Waals surface area contributed by atoms with Gasteiger partial charge >= 0.3 is 0 Å². The number of nitrogens with one attached hydrogen (secondary N) is 1. The molecule has 0 radical (unpaired) electrons.